The Bertz CT molecular complexity index is 637. The number of amides is 1. The number of nitrogens with zero attached hydrogens (tertiary/aromatic N) is 1. The van der Waals surface area contributed by atoms with Gasteiger partial charge in [0.05, 0.1) is 12.9 Å². The molecule has 1 amide bonds. The van der Waals surface area contributed by atoms with Gasteiger partial charge in [-0.05, 0) is 37.6 Å². The highest BCUT2D eigenvalue weighted by Gasteiger charge is 2.17. The fraction of sp³-hybridized carbons (Fsp3) is 0.619. The van der Waals surface area contributed by atoms with Crippen LogP contribution in [0.4, 0.5) is 0 Å². The molecule has 8 heteroatoms. The van der Waals surface area contributed by atoms with Gasteiger partial charge in [0.25, 0.3) is 0 Å². The van der Waals surface area contributed by atoms with Crippen molar-refractivity contribution in [2.75, 3.05) is 52.0 Å². The molecule has 0 spiro atoms. The van der Waals surface area contributed by atoms with Gasteiger partial charge in [-0.3, -0.25) is 14.5 Å². The second-order valence-corrected chi connectivity index (χ2v) is 8.08. The Morgan fingerprint density at radius 1 is 1.31 bits per heavy atom. The van der Waals surface area contributed by atoms with Crippen LogP contribution < -0.4 is 10.1 Å². The maximum absolute atomic E-state index is 11.9. The molecule has 1 aliphatic rings. The number of ether oxygens (including phenoxy) is 3. The first kappa shape index (κ1) is 23.5. The van der Waals surface area contributed by atoms with Crippen molar-refractivity contribution in [3.63, 3.8) is 0 Å². The molecule has 0 unspecified atom stereocenters. The molecule has 7 nitrogen and oxygen atoms in total. The highest BCUT2D eigenvalue weighted by atomic mass is 32.2. The van der Waals surface area contributed by atoms with Crippen LogP contribution in [0, 0.1) is 0 Å². The van der Waals surface area contributed by atoms with Gasteiger partial charge in [0.2, 0.25) is 5.91 Å². The Morgan fingerprint density at radius 3 is 2.86 bits per heavy atom. The first-order valence-electron chi connectivity index (χ1n) is 9.99. The summed E-state index contributed by atoms with van der Waals surface area (Å²) in [5.74, 6) is 1.36. The van der Waals surface area contributed by atoms with E-state index in [9.17, 15) is 9.59 Å². The van der Waals surface area contributed by atoms with Gasteiger partial charge < -0.3 is 19.5 Å². The van der Waals surface area contributed by atoms with Crippen LogP contribution in [0.1, 0.15) is 24.8 Å². The lowest BCUT2D eigenvalue weighted by Gasteiger charge is -2.31. The average Bonchev–Trinajstić information content (AvgIpc) is 2.76. The second kappa shape index (κ2) is 13.5. The number of hydrogen-bond acceptors (Lipinski definition) is 7. The molecule has 1 heterocycles. The first-order chi connectivity index (χ1) is 14.1. The number of benzene rings is 1. The minimum Gasteiger partial charge on any atom is -0.492 e. The smallest absolute Gasteiger partial charge is 0.315 e. The van der Waals surface area contributed by atoms with Crippen LogP contribution >= 0.6 is 11.8 Å². The molecule has 0 atom stereocenters. The van der Waals surface area contributed by atoms with Gasteiger partial charge in [-0.2, -0.15) is 0 Å². The third-order valence-electron chi connectivity index (χ3n) is 4.84. The number of methoxy groups -OCH3 is 1. The number of carbonyl (C=O) groups is 2. The van der Waals surface area contributed by atoms with E-state index >= 15 is 0 Å². The van der Waals surface area contributed by atoms with Crippen LogP contribution in [0.3, 0.4) is 0 Å². The lowest BCUT2D eigenvalue weighted by Crippen LogP contribution is -2.38. The van der Waals surface area contributed by atoms with E-state index in [1.54, 1.807) is 0 Å². The van der Waals surface area contributed by atoms with Crippen LogP contribution in [-0.4, -0.2) is 74.8 Å². The lowest BCUT2D eigenvalue weighted by atomic mass is 10.1. The summed E-state index contributed by atoms with van der Waals surface area (Å²) < 4.78 is 15.9. The zero-order chi connectivity index (χ0) is 20.9. The van der Waals surface area contributed by atoms with Crippen molar-refractivity contribution >= 4 is 23.6 Å². The van der Waals surface area contributed by atoms with Crippen LogP contribution in [0.15, 0.2) is 24.3 Å². The Morgan fingerprint density at radius 2 is 2.10 bits per heavy atom. The second-order valence-electron chi connectivity index (χ2n) is 6.98. The number of carbonyl (C=O) groups excluding carboxylic acids is 2. The number of hydrogen-bond donors (Lipinski definition) is 1. The molecular formula is C21H32N2O5S. The zero-order valence-corrected chi connectivity index (χ0v) is 18.2. The largest absolute Gasteiger partial charge is 0.492 e. The molecule has 29 heavy (non-hydrogen) atoms. The van der Waals surface area contributed by atoms with Crippen molar-refractivity contribution in [1.29, 1.82) is 0 Å². The summed E-state index contributed by atoms with van der Waals surface area (Å²) >= 11 is 1.39. The van der Waals surface area contributed by atoms with Crippen molar-refractivity contribution in [2.24, 2.45) is 0 Å². The molecule has 0 saturated carbocycles. The fourth-order valence-electron chi connectivity index (χ4n) is 3.03. The summed E-state index contributed by atoms with van der Waals surface area (Å²) in [7, 11) is 3.49. The first-order valence-corrected chi connectivity index (χ1v) is 11.1. The highest BCUT2D eigenvalue weighted by Crippen LogP contribution is 2.15. The van der Waals surface area contributed by atoms with Crippen LogP contribution in [0.25, 0.3) is 0 Å². The monoisotopic (exact) mass is 424 g/mol. The summed E-state index contributed by atoms with van der Waals surface area (Å²) in [4.78, 5) is 25.3. The van der Waals surface area contributed by atoms with E-state index in [1.807, 2.05) is 24.3 Å². The quantitative estimate of drug-likeness (QED) is 0.407. The summed E-state index contributed by atoms with van der Waals surface area (Å²) in [5.41, 5.74) is 0.996. The van der Waals surface area contributed by atoms with Crippen LogP contribution in [0.2, 0.25) is 0 Å². The van der Waals surface area contributed by atoms with E-state index in [0.29, 0.717) is 31.4 Å². The van der Waals surface area contributed by atoms with Crippen LogP contribution in [-0.2, 0) is 25.6 Å². The highest BCUT2D eigenvalue weighted by molar-refractivity contribution is 7.99. The molecule has 0 radical (unpaired) electrons. The van der Waals surface area contributed by atoms with E-state index in [0.717, 1.165) is 43.9 Å². The Hall–Kier alpha value is -1.77. The molecule has 1 N–H and O–H groups in total. The predicted octanol–water partition coefficient (Wildman–Crippen LogP) is 2.09. The van der Waals surface area contributed by atoms with E-state index in [-0.39, 0.29) is 17.6 Å². The van der Waals surface area contributed by atoms with Crippen molar-refractivity contribution in [2.45, 2.75) is 31.8 Å². The summed E-state index contributed by atoms with van der Waals surface area (Å²) in [6.07, 6.45) is 2.52. The molecule has 1 fully saturated rings. The van der Waals surface area contributed by atoms with E-state index < -0.39 is 0 Å². The maximum atomic E-state index is 11.9. The van der Waals surface area contributed by atoms with Gasteiger partial charge in [0.15, 0.2) is 0 Å². The van der Waals surface area contributed by atoms with Crippen molar-refractivity contribution in [1.82, 2.24) is 10.2 Å². The van der Waals surface area contributed by atoms with Gasteiger partial charge in [-0.25, -0.2) is 0 Å². The molecule has 0 aromatic heterocycles. The minimum absolute atomic E-state index is 0.0354. The molecule has 1 aromatic carbocycles. The Balaban J connectivity index is 1.64. The van der Waals surface area contributed by atoms with E-state index in [1.165, 1.54) is 18.9 Å². The molecule has 0 bridgehead atoms. The number of rotatable bonds is 12. The topological polar surface area (TPSA) is 77.1 Å². The van der Waals surface area contributed by atoms with Gasteiger partial charge in [-0.1, -0.05) is 12.1 Å². The Kier molecular flexibility index (Phi) is 10.9. The summed E-state index contributed by atoms with van der Waals surface area (Å²) in [6, 6.07) is 8.36. The zero-order valence-electron chi connectivity index (χ0n) is 17.4. The average molecular weight is 425 g/mol. The predicted molar refractivity (Wildman–Crippen MR) is 114 cm³/mol. The summed E-state index contributed by atoms with van der Waals surface area (Å²) in [5, 5.41) is 2.90. The molecule has 162 valence electrons. The summed E-state index contributed by atoms with van der Waals surface area (Å²) in [6.45, 7) is 3.64. The van der Waals surface area contributed by atoms with Gasteiger partial charge >= 0.3 is 5.97 Å². The lowest BCUT2D eigenvalue weighted by molar-refractivity contribution is -0.137. The molecule has 2 rings (SSSR count). The standard InChI is InChI=1S/C21H32N2O5S/c1-23(18-6-10-27-11-7-18)9-12-28-19-5-3-4-17(14-19)15-22-20(24)8-13-29-16-21(25)26-2/h3-5,14,18H,6-13,15-16H2,1-2H3,(H,22,24). The minimum atomic E-state index is -0.272. The molecule has 1 saturated heterocycles. The third kappa shape index (κ3) is 9.51. The van der Waals surface area contributed by atoms with Crippen molar-refractivity contribution < 1.29 is 23.8 Å². The fourth-order valence-corrected chi connectivity index (χ4v) is 3.79. The molecular weight excluding hydrogens is 392 g/mol. The maximum Gasteiger partial charge on any atom is 0.315 e. The SMILES string of the molecule is COC(=O)CSCCC(=O)NCc1cccc(OCCN(C)C2CCOCC2)c1. The van der Waals surface area contributed by atoms with E-state index in [4.69, 9.17) is 9.47 Å². The molecule has 1 aliphatic heterocycles. The number of thioether (sulfide) groups is 1. The third-order valence-corrected chi connectivity index (χ3v) is 5.77. The van der Waals surface area contributed by atoms with E-state index in [2.05, 4.69) is 22.0 Å². The van der Waals surface area contributed by atoms with Gasteiger partial charge in [0.1, 0.15) is 12.4 Å². The van der Waals surface area contributed by atoms with Gasteiger partial charge in [0, 0.05) is 44.5 Å². The Labute approximate surface area is 177 Å². The molecule has 1 aromatic rings. The van der Waals surface area contributed by atoms with Crippen LogP contribution in [0.5, 0.6) is 5.75 Å². The van der Waals surface area contributed by atoms with Gasteiger partial charge in [-0.15, -0.1) is 11.8 Å². The number of nitrogens with one attached hydrogen (secondary N) is 1. The normalized spacial score (nSPS) is 14.6. The molecule has 0 aliphatic carbocycles. The van der Waals surface area contributed by atoms with Crippen molar-refractivity contribution in [3.05, 3.63) is 29.8 Å². The van der Waals surface area contributed by atoms with Crippen molar-refractivity contribution in [3.8, 4) is 5.75 Å². The number of esters is 1. The number of likely N-dealkylation sites (N-methyl/N-ethyl adjacent to an activating group) is 1.